The Kier molecular flexibility index (Phi) is 5.74. The van der Waals surface area contributed by atoms with Crippen molar-refractivity contribution in [3.05, 3.63) is 22.9 Å². The van der Waals surface area contributed by atoms with Crippen LogP contribution in [-0.4, -0.2) is 29.0 Å². The zero-order chi connectivity index (χ0) is 17.0. The van der Waals surface area contributed by atoms with Crippen LogP contribution in [0.15, 0.2) is 28.1 Å². The van der Waals surface area contributed by atoms with Crippen LogP contribution in [0, 0.1) is 5.92 Å². The summed E-state index contributed by atoms with van der Waals surface area (Å²) in [6, 6.07) is 0. The summed E-state index contributed by atoms with van der Waals surface area (Å²) < 4.78 is 5.71. The molecule has 2 unspecified atom stereocenters. The largest absolute Gasteiger partial charge is 0.511 e. The highest BCUT2D eigenvalue weighted by atomic mass is 35.5. The lowest BCUT2D eigenvalue weighted by Crippen LogP contribution is -2.39. The van der Waals surface area contributed by atoms with Crippen molar-refractivity contribution >= 4 is 23.3 Å². The van der Waals surface area contributed by atoms with Crippen LogP contribution in [-0.2, 0) is 14.4 Å². The highest BCUT2D eigenvalue weighted by molar-refractivity contribution is 6.29. The quantitative estimate of drug-likeness (QED) is 0.446. The zero-order valence-electron chi connectivity index (χ0n) is 13.7. The van der Waals surface area contributed by atoms with Gasteiger partial charge in [0.05, 0.1) is 10.7 Å². The first-order valence-electron chi connectivity index (χ1n) is 8.05. The molecule has 0 aromatic rings. The van der Waals surface area contributed by atoms with Crippen LogP contribution >= 0.6 is 11.6 Å². The minimum absolute atomic E-state index is 0.0517. The summed E-state index contributed by atoms with van der Waals surface area (Å²) >= 11 is 5.64. The Hall–Kier alpha value is -1.49. The third kappa shape index (κ3) is 4.28. The predicted octanol–water partition coefficient (Wildman–Crippen LogP) is 4.23. The SMILES string of the molecule is C=C(Cl)CON=C(CCC)C1=C(O)CC2(CCC(C)C2)OC1=O. The van der Waals surface area contributed by atoms with Gasteiger partial charge in [-0.1, -0.05) is 43.6 Å². The van der Waals surface area contributed by atoms with E-state index in [9.17, 15) is 9.90 Å². The number of carbonyl (C=O) groups excluding carboxylic acids is 1. The molecule has 2 atom stereocenters. The van der Waals surface area contributed by atoms with Crippen LogP contribution in [0.5, 0.6) is 0 Å². The number of rotatable bonds is 6. The number of halogens is 1. The second-order valence-corrected chi connectivity index (χ2v) is 7.03. The summed E-state index contributed by atoms with van der Waals surface area (Å²) in [6.45, 7) is 7.66. The predicted molar refractivity (Wildman–Crippen MR) is 89.4 cm³/mol. The Morgan fingerprint density at radius 3 is 2.87 bits per heavy atom. The highest BCUT2D eigenvalue weighted by Crippen LogP contribution is 2.44. The minimum atomic E-state index is -0.549. The lowest BCUT2D eigenvalue weighted by molar-refractivity contribution is -0.157. The maximum absolute atomic E-state index is 12.5. The van der Waals surface area contributed by atoms with Crippen molar-refractivity contribution in [3.63, 3.8) is 0 Å². The molecular weight excluding hydrogens is 318 g/mol. The Balaban J connectivity index is 2.22. The van der Waals surface area contributed by atoms with Crippen LogP contribution in [0.3, 0.4) is 0 Å². The Morgan fingerprint density at radius 2 is 2.35 bits per heavy atom. The van der Waals surface area contributed by atoms with E-state index < -0.39 is 11.6 Å². The maximum Gasteiger partial charge on any atom is 0.344 e. The number of carbonyl (C=O) groups is 1. The van der Waals surface area contributed by atoms with E-state index in [2.05, 4.69) is 18.7 Å². The van der Waals surface area contributed by atoms with E-state index in [0.717, 1.165) is 25.7 Å². The lowest BCUT2D eigenvalue weighted by Gasteiger charge is -2.34. The van der Waals surface area contributed by atoms with Crippen molar-refractivity contribution in [2.75, 3.05) is 6.61 Å². The van der Waals surface area contributed by atoms with Gasteiger partial charge in [-0.2, -0.15) is 0 Å². The molecule has 1 fully saturated rings. The molecule has 0 aromatic carbocycles. The monoisotopic (exact) mass is 341 g/mol. The summed E-state index contributed by atoms with van der Waals surface area (Å²) in [4.78, 5) is 17.6. The molecule has 2 aliphatic rings. The number of hydrogen-bond donors (Lipinski definition) is 1. The molecular formula is C17H24ClNO4. The number of nitrogens with zero attached hydrogens (tertiary/aromatic N) is 1. The second-order valence-electron chi connectivity index (χ2n) is 6.50. The van der Waals surface area contributed by atoms with Gasteiger partial charge in [0.25, 0.3) is 0 Å². The molecule has 5 nitrogen and oxygen atoms in total. The Bertz CT molecular complexity index is 555. The number of esters is 1. The molecule has 0 radical (unpaired) electrons. The van der Waals surface area contributed by atoms with Gasteiger partial charge in [-0.15, -0.1) is 0 Å². The van der Waals surface area contributed by atoms with Gasteiger partial charge in [0.15, 0.2) is 6.61 Å². The van der Waals surface area contributed by atoms with Gasteiger partial charge >= 0.3 is 5.97 Å². The summed E-state index contributed by atoms with van der Waals surface area (Å²) in [5.41, 5.74) is -0.0156. The fourth-order valence-corrected chi connectivity index (χ4v) is 3.36. The van der Waals surface area contributed by atoms with E-state index in [1.165, 1.54) is 0 Å². The standard InChI is InChI=1S/C17H24ClNO4/c1-4-5-13(19-22-10-12(3)18)15-14(20)9-17(23-16(15)21)7-6-11(2)8-17/h11,20H,3-10H2,1-2H3. The fraction of sp³-hybridized carbons (Fsp3) is 0.647. The first-order valence-corrected chi connectivity index (χ1v) is 8.42. The molecule has 1 aliphatic carbocycles. The molecule has 1 aliphatic heterocycles. The van der Waals surface area contributed by atoms with Crippen molar-refractivity contribution in [2.45, 2.75) is 58.0 Å². The van der Waals surface area contributed by atoms with Crippen molar-refractivity contribution in [1.29, 1.82) is 0 Å². The minimum Gasteiger partial charge on any atom is -0.511 e. The number of ether oxygens (including phenoxy) is 1. The normalized spacial score (nSPS) is 28.2. The van der Waals surface area contributed by atoms with Crippen LogP contribution in [0.1, 0.15) is 52.4 Å². The molecule has 1 N–H and O–H groups in total. The van der Waals surface area contributed by atoms with E-state index in [4.69, 9.17) is 21.2 Å². The van der Waals surface area contributed by atoms with Gasteiger partial charge in [-0.3, -0.25) is 0 Å². The second kappa shape index (κ2) is 7.39. The fourth-order valence-electron chi connectivity index (χ4n) is 3.31. The average molecular weight is 342 g/mol. The molecule has 1 heterocycles. The molecule has 0 aromatic heterocycles. The zero-order valence-corrected chi connectivity index (χ0v) is 14.5. The number of aliphatic hydroxyl groups is 1. The maximum atomic E-state index is 12.5. The van der Waals surface area contributed by atoms with Gasteiger partial charge < -0.3 is 14.7 Å². The first-order chi connectivity index (χ1) is 10.9. The molecule has 0 amide bonds. The van der Waals surface area contributed by atoms with E-state index >= 15 is 0 Å². The van der Waals surface area contributed by atoms with Crippen LogP contribution in [0.25, 0.3) is 0 Å². The van der Waals surface area contributed by atoms with E-state index in [0.29, 0.717) is 29.5 Å². The van der Waals surface area contributed by atoms with E-state index in [1.54, 1.807) is 0 Å². The van der Waals surface area contributed by atoms with E-state index in [-0.39, 0.29) is 17.9 Å². The molecule has 0 saturated heterocycles. The first kappa shape index (κ1) is 17.9. The van der Waals surface area contributed by atoms with Gasteiger partial charge in [0.1, 0.15) is 16.9 Å². The van der Waals surface area contributed by atoms with Gasteiger partial charge in [0.2, 0.25) is 0 Å². The molecule has 0 bridgehead atoms. The molecule has 6 heteroatoms. The lowest BCUT2D eigenvalue weighted by atomic mass is 9.89. The number of hydrogen-bond acceptors (Lipinski definition) is 5. The third-order valence-electron chi connectivity index (χ3n) is 4.28. The summed E-state index contributed by atoms with van der Waals surface area (Å²) in [6.07, 6.45) is 4.21. The number of aliphatic hydroxyl groups excluding tert-OH is 1. The molecule has 128 valence electrons. The summed E-state index contributed by atoms with van der Waals surface area (Å²) in [7, 11) is 0. The average Bonchev–Trinajstić information content (AvgIpc) is 2.78. The topological polar surface area (TPSA) is 68.1 Å². The van der Waals surface area contributed by atoms with Crippen molar-refractivity contribution < 1.29 is 19.5 Å². The summed E-state index contributed by atoms with van der Waals surface area (Å²) in [5, 5.41) is 14.7. The van der Waals surface area contributed by atoms with Crippen LogP contribution in [0.4, 0.5) is 0 Å². The van der Waals surface area contributed by atoms with Crippen LogP contribution < -0.4 is 0 Å². The van der Waals surface area contributed by atoms with Gasteiger partial charge in [-0.05, 0) is 31.6 Å². The van der Waals surface area contributed by atoms with Crippen LogP contribution in [0.2, 0.25) is 0 Å². The number of oxime groups is 1. The third-order valence-corrected chi connectivity index (χ3v) is 4.39. The molecule has 23 heavy (non-hydrogen) atoms. The molecule has 2 rings (SSSR count). The summed E-state index contributed by atoms with van der Waals surface area (Å²) in [5.74, 6) is 0.0400. The molecule has 1 spiro atoms. The van der Waals surface area contributed by atoms with E-state index in [1.807, 2.05) is 6.92 Å². The van der Waals surface area contributed by atoms with Crippen molar-refractivity contribution in [2.24, 2.45) is 11.1 Å². The van der Waals surface area contributed by atoms with Crippen molar-refractivity contribution in [1.82, 2.24) is 0 Å². The van der Waals surface area contributed by atoms with Gasteiger partial charge in [0, 0.05) is 6.42 Å². The van der Waals surface area contributed by atoms with Crippen molar-refractivity contribution in [3.8, 4) is 0 Å². The smallest absolute Gasteiger partial charge is 0.344 e. The van der Waals surface area contributed by atoms with Gasteiger partial charge in [-0.25, -0.2) is 4.79 Å². The Labute approximate surface area is 142 Å². The Morgan fingerprint density at radius 1 is 1.61 bits per heavy atom. The highest BCUT2D eigenvalue weighted by Gasteiger charge is 2.47. The molecule has 1 saturated carbocycles.